The molecule has 2 aromatic carbocycles. The Balaban J connectivity index is 2.83. The molecule has 0 bridgehead atoms. The van der Waals surface area contributed by atoms with E-state index in [-0.39, 0.29) is 0 Å². The summed E-state index contributed by atoms with van der Waals surface area (Å²) in [5.74, 6) is 0. The lowest BCUT2D eigenvalue weighted by Crippen LogP contribution is -2.67. The standard InChI is InChI=1S/C42H74OSi4/c1-13-17-19-21-23-33-41(45(8,9)39-31-25-29-37(35-39)27-15-3)47(12,43-44(5,6)7)42(34-24-22-20-18-14-2)46(10,11)40-32-26-30-38(36-40)28-16-4/h15-16,25-26,29-32,35-36,41-42H,3-4,13-14,17-24,27-28,33-34H2,1-2,5-12H3. The van der Waals surface area contributed by atoms with Gasteiger partial charge in [0.05, 0.1) is 16.1 Å². The van der Waals surface area contributed by atoms with E-state index in [0.717, 1.165) is 12.8 Å². The maximum absolute atomic E-state index is 7.99. The monoisotopic (exact) mass is 706 g/mol. The number of hydrogen-bond donors (Lipinski definition) is 0. The van der Waals surface area contributed by atoms with Crippen molar-refractivity contribution < 1.29 is 4.12 Å². The molecule has 0 aromatic heterocycles. The van der Waals surface area contributed by atoms with Crippen molar-refractivity contribution in [1.29, 1.82) is 0 Å². The van der Waals surface area contributed by atoms with E-state index in [1.54, 1.807) is 10.4 Å². The minimum atomic E-state index is -2.34. The molecule has 0 amide bonds. The molecular formula is C42H74OSi4. The molecule has 0 fully saturated rings. The topological polar surface area (TPSA) is 9.23 Å². The zero-order valence-corrected chi connectivity index (χ0v) is 36.7. The van der Waals surface area contributed by atoms with Crippen molar-refractivity contribution in [2.45, 2.75) is 166 Å². The van der Waals surface area contributed by atoms with Crippen molar-refractivity contribution in [3.8, 4) is 0 Å². The molecule has 0 saturated carbocycles. The second-order valence-corrected chi connectivity index (χ2v) is 36.1. The van der Waals surface area contributed by atoms with Crippen LogP contribution in [-0.4, -0.2) is 32.8 Å². The molecule has 47 heavy (non-hydrogen) atoms. The highest BCUT2D eigenvalue weighted by Crippen LogP contribution is 2.50. The Hall–Kier alpha value is -1.25. The van der Waals surface area contributed by atoms with Gasteiger partial charge in [-0.05, 0) is 60.5 Å². The van der Waals surface area contributed by atoms with E-state index in [1.807, 2.05) is 0 Å². The average molecular weight is 707 g/mol. The summed E-state index contributed by atoms with van der Waals surface area (Å²) in [6.07, 6.45) is 22.1. The molecule has 0 N–H and O–H groups in total. The van der Waals surface area contributed by atoms with Gasteiger partial charge in [0.1, 0.15) is 0 Å². The van der Waals surface area contributed by atoms with Crippen LogP contribution in [-0.2, 0) is 17.0 Å². The lowest BCUT2D eigenvalue weighted by atomic mass is 10.1. The van der Waals surface area contributed by atoms with Crippen LogP contribution in [0.15, 0.2) is 73.8 Å². The fourth-order valence-electron chi connectivity index (χ4n) is 8.61. The van der Waals surface area contributed by atoms with Crippen LogP contribution >= 0.6 is 0 Å². The van der Waals surface area contributed by atoms with Crippen LogP contribution in [0.4, 0.5) is 0 Å². The normalized spacial score (nSPS) is 15.2. The van der Waals surface area contributed by atoms with Crippen LogP contribution in [0.5, 0.6) is 0 Å². The van der Waals surface area contributed by atoms with E-state index in [9.17, 15) is 0 Å². The van der Waals surface area contributed by atoms with Gasteiger partial charge >= 0.3 is 0 Å². The quantitative estimate of drug-likeness (QED) is 0.0600. The Morgan fingerprint density at radius 3 is 1.30 bits per heavy atom. The molecule has 1 nitrogen and oxygen atoms in total. The Labute approximate surface area is 297 Å². The lowest BCUT2D eigenvalue weighted by molar-refractivity contribution is 0.495. The van der Waals surface area contributed by atoms with Gasteiger partial charge in [0.2, 0.25) is 0 Å². The van der Waals surface area contributed by atoms with Gasteiger partial charge in [-0.2, -0.15) is 0 Å². The number of unbranched alkanes of at least 4 members (excludes halogenated alkanes) is 8. The predicted octanol–water partition coefficient (Wildman–Crippen LogP) is 12.6. The number of rotatable bonds is 24. The maximum Gasteiger partial charge on any atom is 0.178 e. The van der Waals surface area contributed by atoms with E-state index in [4.69, 9.17) is 4.12 Å². The Morgan fingerprint density at radius 2 is 0.957 bits per heavy atom. The molecule has 2 aromatic rings. The molecule has 2 unspecified atom stereocenters. The molecule has 2 rings (SSSR count). The fraction of sp³-hybridized carbons (Fsp3) is 0.619. The Bertz CT molecular complexity index is 1130. The summed E-state index contributed by atoms with van der Waals surface area (Å²) in [4.78, 5) is 0. The Morgan fingerprint density at radius 1 is 0.574 bits per heavy atom. The molecule has 0 spiro atoms. The van der Waals surface area contributed by atoms with E-state index in [2.05, 4.69) is 140 Å². The van der Waals surface area contributed by atoms with Crippen molar-refractivity contribution in [1.82, 2.24) is 0 Å². The second-order valence-electron chi connectivity index (χ2n) is 16.7. The smallest absolute Gasteiger partial charge is 0.178 e. The molecule has 0 radical (unpaired) electrons. The van der Waals surface area contributed by atoms with Gasteiger partial charge < -0.3 is 4.12 Å². The molecule has 0 heterocycles. The maximum atomic E-state index is 7.99. The van der Waals surface area contributed by atoms with Gasteiger partial charge in [0.25, 0.3) is 0 Å². The molecule has 2 atom stereocenters. The van der Waals surface area contributed by atoms with Gasteiger partial charge in [0.15, 0.2) is 16.6 Å². The van der Waals surface area contributed by atoms with Gasteiger partial charge in [0, 0.05) is 0 Å². The van der Waals surface area contributed by atoms with Crippen molar-refractivity contribution in [3.05, 3.63) is 85.0 Å². The summed E-state index contributed by atoms with van der Waals surface area (Å²) in [5, 5.41) is 4.60. The third kappa shape index (κ3) is 12.5. The second kappa shape index (κ2) is 19.8. The first-order chi connectivity index (χ1) is 22.2. The SMILES string of the molecule is C=CCc1cccc([Si](C)(C)C(CCCCCCC)[Si](C)(O[Si](C)(C)C)C(CCCCCCC)[Si](C)(C)c2cccc(CC=C)c2)c1. The third-order valence-electron chi connectivity index (χ3n) is 10.9. The average Bonchev–Trinajstić information content (AvgIpc) is 3.00. The zero-order chi connectivity index (χ0) is 35.1. The molecule has 0 aliphatic carbocycles. The lowest BCUT2D eigenvalue weighted by Gasteiger charge is -2.54. The highest BCUT2D eigenvalue weighted by atomic mass is 28.5. The summed E-state index contributed by atoms with van der Waals surface area (Å²) in [6, 6.07) is 19.3. The summed E-state index contributed by atoms with van der Waals surface area (Å²) >= 11 is 0. The highest BCUT2D eigenvalue weighted by Gasteiger charge is 2.57. The first-order valence-electron chi connectivity index (χ1n) is 19.3. The van der Waals surface area contributed by atoms with Crippen LogP contribution in [0.3, 0.4) is 0 Å². The summed E-state index contributed by atoms with van der Waals surface area (Å²) < 4.78 is 7.99. The van der Waals surface area contributed by atoms with Crippen molar-refractivity contribution in [3.63, 3.8) is 0 Å². The summed E-state index contributed by atoms with van der Waals surface area (Å²) in [5.41, 5.74) is 2.82. The van der Waals surface area contributed by atoms with E-state index in [0.29, 0.717) is 10.3 Å². The van der Waals surface area contributed by atoms with Crippen molar-refractivity contribution in [2.24, 2.45) is 0 Å². The van der Waals surface area contributed by atoms with E-state index >= 15 is 0 Å². The third-order valence-corrected chi connectivity index (χ3v) is 33.9. The first-order valence-corrected chi connectivity index (χ1v) is 31.4. The first kappa shape index (κ1) is 41.9. The van der Waals surface area contributed by atoms with Crippen LogP contribution in [0.1, 0.15) is 102 Å². The highest BCUT2D eigenvalue weighted by molar-refractivity contribution is 7.11. The molecule has 5 heteroatoms. The fourth-order valence-corrected chi connectivity index (χ4v) is 37.1. The molecule has 0 saturated heterocycles. The zero-order valence-electron chi connectivity index (χ0n) is 32.7. The van der Waals surface area contributed by atoms with Crippen molar-refractivity contribution in [2.75, 3.05) is 0 Å². The predicted molar refractivity (Wildman–Crippen MR) is 225 cm³/mol. The number of allylic oxidation sites excluding steroid dienone is 2. The largest absolute Gasteiger partial charge is 0.455 e. The van der Waals surface area contributed by atoms with E-state index < -0.39 is 32.8 Å². The van der Waals surface area contributed by atoms with Gasteiger partial charge in [-0.15, -0.1) is 13.2 Å². The van der Waals surface area contributed by atoms with Crippen LogP contribution in [0, 0.1) is 0 Å². The summed E-state index contributed by atoms with van der Waals surface area (Å²) in [7, 11) is -8.14. The minimum absolute atomic E-state index is 0.672. The molecule has 0 aliphatic rings. The number of hydrogen-bond acceptors (Lipinski definition) is 1. The summed E-state index contributed by atoms with van der Waals surface area (Å²) in [6.45, 7) is 33.9. The molecular weight excluding hydrogens is 633 g/mol. The van der Waals surface area contributed by atoms with Crippen LogP contribution < -0.4 is 10.4 Å². The number of benzene rings is 2. The molecule has 0 aliphatic heterocycles. The van der Waals surface area contributed by atoms with Crippen LogP contribution in [0.2, 0.25) is 62.7 Å². The van der Waals surface area contributed by atoms with E-state index in [1.165, 1.54) is 88.2 Å². The Kier molecular flexibility index (Phi) is 17.7. The van der Waals surface area contributed by atoms with Gasteiger partial charge in [-0.1, -0.05) is 188 Å². The molecule has 264 valence electrons. The van der Waals surface area contributed by atoms with Gasteiger partial charge in [-0.3, -0.25) is 0 Å². The van der Waals surface area contributed by atoms with Gasteiger partial charge in [-0.25, -0.2) is 0 Å². The van der Waals surface area contributed by atoms with Crippen LogP contribution in [0.25, 0.3) is 0 Å². The van der Waals surface area contributed by atoms with Crippen molar-refractivity contribution >= 4 is 43.2 Å². The minimum Gasteiger partial charge on any atom is -0.455 e.